The summed E-state index contributed by atoms with van der Waals surface area (Å²) in [6, 6.07) is 11.4. The molecule has 0 amide bonds. The van der Waals surface area contributed by atoms with Gasteiger partial charge in [-0.25, -0.2) is 0 Å². The zero-order valence-corrected chi connectivity index (χ0v) is 14.6. The molecular weight excluding hydrogens is 332 g/mol. The molecule has 0 aliphatic heterocycles. The molecule has 1 aromatic heterocycles. The van der Waals surface area contributed by atoms with Gasteiger partial charge in [0.1, 0.15) is 0 Å². The fourth-order valence-electron chi connectivity index (χ4n) is 2.21. The van der Waals surface area contributed by atoms with Gasteiger partial charge in [0.25, 0.3) is 0 Å². The predicted molar refractivity (Wildman–Crippen MR) is 92.5 cm³/mol. The van der Waals surface area contributed by atoms with E-state index < -0.39 is 0 Å². The van der Waals surface area contributed by atoms with Crippen LogP contribution in [0.25, 0.3) is 0 Å². The van der Waals surface area contributed by atoms with Crippen molar-refractivity contribution >= 4 is 33.0 Å². The Morgan fingerprint density at radius 1 is 1.30 bits per heavy atom. The summed E-state index contributed by atoms with van der Waals surface area (Å²) in [5.41, 5.74) is 2.55. The van der Waals surface area contributed by atoms with Crippen LogP contribution in [0.15, 0.2) is 40.2 Å². The third-order valence-electron chi connectivity index (χ3n) is 3.23. The van der Waals surface area contributed by atoms with Gasteiger partial charge in [0, 0.05) is 21.9 Å². The lowest BCUT2D eigenvalue weighted by atomic mass is 10.1. The minimum atomic E-state index is 0.462. The molecule has 0 aliphatic rings. The molecule has 0 saturated carbocycles. The van der Waals surface area contributed by atoms with E-state index >= 15 is 0 Å². The molecule has 4 heteroatoms. The molecule has 0 aliphatic carbocycles. The molecule has 108 valence electrons. The Kier molecular flexibility index (Phi) is 5.64. The zero-order chi connectivity index (χ0) is 14.5. The molecule has 0 bridgehead atoms. The minimum absolute atomic E-state index is 0.462. The maximum atomic E-state index is 3.72. The highest BCUT2D eigenvalue weighted by molar-refractivity contribution is 9.10. The van der Waals surface area contributed by atoms with Gasteiger partial charge < -0.3 is 10.2 Å². The fourth-order valence-corrected chi connectivity index (χ4v) is 3.57. The van der Waals surface area contributed by atoms with Gasteiger partial charge in [-0.2, -0.15) is 0 Å². The Balaban J connectivity index is 2.25. The van der Waals surface area contributed by atoms with Crippen molar-refractivity contribution in [2.24, 2.45) is 0 Å². The lowest BCUT2D eigenvalue weighted by Crippen LogP contribution is -2.30. The molecule has 2 aromatic rings. The number of halogens is 1. The third-order valence-corrected chi connectivity index (χ3v) is 4.73. The van der Waals surface area contributed by atoms with Crippen LogP contribution in [0.5, 0.6) is 0 Å². The van der Waals surface area contributed by atoms with E-state index in [-0.39, 0.29) is 0 Å². The summed E-state index contributed by atoms with van der Waals surface area (Å²) >= 11 is 5.54. The topological polar surface area (TPSA) is 15.3 Å². The lowest BCUT2D eigenvalue weighted by molar-refractivity contribution is 0.685. The van der Waals surface area contributed by atoms with E-state index in [9.17, 15) is 0 Å². The molecule has 0 radical (unpaired) electrons. The van der Waals surface area contributed by atoms with Crippen molar-refractivity contribution in [3.63, 3.8) is 0 Å². The normalized spacial score (nSPS) is 11.1. The molecule has 1 heterocycles. The SMILES string of the molecule is CNCc1ccc(N(Cc2cccs2)C(C)C)c(Br)c1. The van der Waals surface area contributed by atoms with Crippen LogP contribution < -0.4 is 10.2 Å². The average Bonchev–Trinajstić information content (AvgIpc) is 2.90. The summed E-state index contributed by atoms with van der Waals surface area (Å²) < 4.78 is 1.16. The first-order chi connectivity index (χ1) is 9.61. The van der Waals surface area contributed by atoms with Gasteiger partial charge in [-0.05, 0) is 66.0 Å². The summed E-state index contributed by atoms with van der Waals surface area (Å²) in [4.78, 5) is 3.82. The molecule has 2 nitrogen and oxygen atoms in total. The van der Waals surface area contributed by atoms with Crippen LogP contribution in [0.3, 0.4) is 0 Å². The average molecular weight is 353 g/mol. The van der Waals surface area contributed by atoms with Crippen LogP contribution >= 0.6 is 27.3 Å². The first-order valence-electron chi connectivity index (χ1n) is 6.84. The van der Waals surface area contributed by atoms with E-state index in [2.05, 4.69) is 75.7 Å². The third kappa shape index (κ3) is 3.84. The molecule has 0 unspecified atom stereocenters. The molecular formula is C16H21BrN2S. The summed E-state index contributed by atoms with van der Waals surface area (Å²) in [7, 11) is 1.97. The standard InChI is InChI=1S/C16H21BrN2S/c1-12(2)19(11-14-5-4-8-20-14)16-7-6-13(10-18-3)9-15(16)17/h4-9,12,18H,10-11H2,1-3H3. The van der Waals surface area contributed by atoms with Crippen molar-refractivity contribution < 1.29 is 0 Å². The number of hydrogen-bond acceptors (Lipinski definition) is 3. The van der Waals surface area contributed by atoms with E-state index in [1.165, 1.54) is 16.1 Å². The smallest absolute Gasteiger partial charge is 0.0526 e. The first kappa shape index (κ1) is 15.5. The van der Waals surface area contributed by atoms with Crippen molar-refractivity contribution in [1.29, 1.82) is 0 Å². The maximum Gasteiger partial charge on any atom is 0.0526 e. The van der Waals surface area contributed by atoms with Gasteiger partial charge in [0.15, 0.2) is 0 Å². The van der Waals surface area contributed by atoms with E-state index in [4.69, 9.17) is 0 Å². The molecule has 1 N–H and O–H groups in total. The Morgan fingerprint density at radius 2 is 2.10 bits per heavy atom. The number of nitrogens with one attached hydrogen (secondary N) is 1. The van der Waals surface area contributed by atoms with Crippen molar-refractivity contribution in [3.8, 4) is 0 Å². The van der Waals surface area contributed by atoms with E-state index in [1.54, 1.807) is 0 Å². The summed E-state index contributed by atoms with van der Waals surface area (Å²) in [5.74, 6) is 0. The van der Waals surface area contributed by atoms with Crippen molar-refractivity contribution in [1.82, 2.24) is 5.32 Å². The Labute approximate surface area is 133 Å². The Bertz CT molecular complexity index is 537. The van der Waals surface area contributed by atoms with Crippen LogP contribution in [-0.2, 0) is 13.1 Å². The lowest BCUT2D eigenvalue weighted by Gasteiger charge is -2.30. The second-order valence-corrected chi connectivity index (χ2v) is 7.00. The number of anilines is 1. The Morgan fingerprint density at radius 3 is 2.65 bits per heavy atom. The van der Waals surface area contributed by atoms with Crippen LogP contribution in [0, 0.1) is 0 Å². The van der Waals surface area contributed by atoms with Crippen LogP contribution in [0.2, 0.25) is 0 Å². The molecule has 20 heavy (non-hydrogen) atoms. The number of benzene rings is 1. The predicted octanol–water partition coefficient (Wildman–Crippen LogP) is 4.65. The van der Waals surface area contributed by atoms with Crippen molar-refractivity contribution in [2.75, 3.05) is 11.9 Å². The second-order valence-electron chi connectivity index (χ2n) is 5.12. The van der Waals surface area contributed by atoms with E-state index in [1.807, 2.05) is 18.4 Å². The van der Waals surface area contributed by atoms with Crippen LogP contribution in [-0.4, -0.2) is 13.1 Å². The van der Waals surface area contributed by atoms with Crippen molar-refractivity contribution in [3.05, 3.63) is 50.6 Å². The highest BCUT2D eigenvalue weighted by Gasteiger charge is 2.15. The summed E-state index contributed by atoms with van der Waals surface area (Å²) in [5, 5.41) is 5.32. The first-order valence-corrected chi connectivity index (χ1v) is 8.51. The highest BCUT2D eigenvalue weighted by atomic mass is 79.9. The molecule has 0 fully saturated rings. The number of thiophene rings is 1. The largest absolute Gasteiger partial charge is 0.363 e. The number of rotatable bonds is 6. The van der Waals surface area contributed by atoms with Gasteiger partial charge in [-0.3, -0.25) is 0 Å². The number of hydrogen-bond donors (Lipinski definition) is 1. The van der Waals surface area contributed by atoms with Gasteiger partial charge in [-0.1, -0.05) is 12.1 Å². The fraction of sp³-hybridized carbons (Fsp3) is 0.375. The molecule has 0 saturated heterocycles. The number of nitrogens with zero attached hydrogens (tertiary/aromatic N) is 1. The maximum absolute atomic E-state index is 3.72. The summed E-state index contributed by atoms with van der Waals surface area (Å²) in [6.07, 6.45) is 0. The summed E-state index contributed by atoms with van der Waals surface area (Å²) in [6.45, 7) is 6.33. The molecule has 2 rings (SSSR count). The molecule has 1 aromatic carbocycles. The van der Waals surface area contributed by atoms with Gasteiger partial charge in [0.2, 0.25) is 0 Å². The van der Waals surface area contributed by atoms with E-state index in [0.29, 0.717) is 6.04 Å². The monoisotopic (exact) mass is 352 g/mol. The second kappa shape index (κ2) is 7.25. The molecule has 0 spiro atoms. The zero-order valence-electron chi connectivity index (χ0n) is 12.2. The van der Waals surface area contributed by atoms with Gasteiger partial charge in [-0.15, -0.1) is 11.3 Å². The van der Waals surface area contributed by atoms with E-state index in [0.717, 1.165) is 17.6 Å². The van der Waals surface area contributed by atoms with Crippen molar-refractivity contribution in [2.45, 2.75) is 33.0 Å². The minimum Gasteiger partial charge on any atom is -0.363 e. The molecule has 0 atom stereocenters. The quantitative estimate of drug-likeness (QED) is 0.814. The van der Waals surface area contributed by atoms with Gasteiger partial charge in [0.05, 0.1) is 12.2 Å². The van der Waals surface area contributed by atoms with Gasteiger partial charge >= 0.3 is 0 Å². The van der Waals surface area contributed by atoms with Crippen LogP contribution in [0.4, 0.5) is 5.69 Å². The van der Waals surface area contributed by atoms with Crippen LogP contribution in [0.1, 0.15) is 24.3 Å². The Hall–Kier alpha value is -0.840. The highest BCUT2D eigenvalue weighted by Crippen LogP contribution is 2.30.